The third-order valence-electron chi connectivity index (χ3n) is 3.32. The highest BCUT2D eigenvalue weighted by atomic mass is 16.5. The van der Waals surface area contributed by atoms with Crippen molar-refractivity contribution in [2.24, 2.45) is 0 Å². The zero-order chi connectivity index (χ0) is 18.9. The van der Waals surface area contributed by atoms with Crippen molar-refractivity contribution in [3.63, 3.8) is 0 Å². The predicted octanol–water partition coefficient (Wildman–Crippen LogP) is 2.87. The van der Waals surface area contributed by atoms with E-state index in [0.29, 0.717) is 29.2 Å². The number of esters is 1. The van der Waals surface area contributed by atoms with Gasteiger partial charge in [-0.05, 0) is 49.4 Å². The van der Waals surface area contributed by atoms with Crippen molar-refractivity contribution < 1.29 is 19.1 Å². The molecule has 0 radical (unpaired) electrons. The van der Waals surface area contributed by atoms with Gasteiger partial charge < -0.3 is 20.7 Å². The number of rotatable bonds is 7. The van der Waals surface area contributed by atoms with E-state index >= 15 is 0 Å². The molecule has 2 aromatic rings. The van der Waals surface area contributed by atoms with E-state index in [0.717, 1.165) is 0 Å². The van der Waals surface area contributed by atoms with E-state index < -0.39 is 5.97 Å². The highest BCUT2D eigenvalue weighted by Crippen LogP contribution is 2.15. The van der Waals surface area contributed by atoms with E-state index in [1.54, 1.807) is 55.5 Å². The third-order valence-corrected chi connectivity index (χ3v) is 3.32. The maximum Gasteiger partial charge on any atom is 0.338 e. The maximum atomic E-state index is 12.0. The Morgan fingerprint density at radius 3 is 2.27 bits per heavy atom. The van der Waals surface area contributed by atoms with E-state index in [1.807, 2.05) is 0 Å². The number of carbonyl (C=O) groups is 3. The largest absolute Gasteiger partial charge is 0.462 e. The molecule has 2 aromatic carbocycles. The van der Waals surface area contributed by atoms with Crippen LogP contribution in [0.15, 0.2) is 48.5 Å². The van der Waals surface area contributed by atoms with Gasteiger partial charge in [-0.1, -0.05) is 6.07 Å². The molecule has 0 aromatic heterocycles. The fraction of sp³-hybridized carbons (Fsp3) is 0.211. The lowest BCUT2D eigenvalue weighted by Gasteiger charge is -2.10. The van der Waals surface area contributed by atoms with Crippen LogP contribution in [0.25, 0.3) is 0 Å². The molecule has 0 aliphatic carbocycles. The topological polar surface area (TPSA) is 96.5 Å². The van der Waals surface area contributed by atoms with Crippen LogP contribution in [0.5, 0.6) is 0 Å². The van der Waals surface area contributed by atoms with Crippen molar-refractivity contribution in [3.05, 3.63) is 54.1 Å². The molecule has 26 heavy (non-hydrogen) atoms. The summed E-state index contributed by atoms with van der Waals surface area (Å²) in [5.41, 5.74) is 2.37. The van der Waals surface area contributed by atoms with Crippen LogP contribution in [0, 0.1) is 0 Å². The third kappa shape index (κ3) is 5.94. The summed E-state index contributed by atoms with van der Waals surface area (Å²) in [6.07, 6.45) is 0. The first-order valence-corrected chi connectivity index (χ1v) is 8.16. The lowest BCUT2D eigenvalue weighted by Crippen LogP contribution is -2.21. The van der Waals surface area contributed by atoms with Gasteiger partial charge in [0.15, 0.2) is 0 Å². The van der Waals surface area contributed by atoms with Crippen molar-refractivity contribution in [2.75, 3.05) is 29.1 Å². The van der Waals surface area contributed by atoms with Gasteiger partial charge in [0, 0.05) is 24.0 Å². The summed E-state index contributed by atoms with van der Waals surface area (Å²) in [4.78, 5) is 34.7. The molecule has 0 fully saturated rings. The number of hydrogen-bond acceptors (Lipinski definition) is 5. The van der Waals surface area contributed by atoms with Gasteiger partial charge in [0.1, 0.15) is 0 Å². The molecule has 3 N–H and O–H groups in total. The minimum Gasteiger partial charge on any atom is -0.462 e. The van der Waals surface area contributed by atoms with Crippen LogP contribution < -0.4 is 16.0 Å². The van der Waals surface area contributed by atoms with Crippen LogP contribution >= 0.6 is 0 Å². The van der Waals surface area contributed by atoms with Gasteiger partial charge in [0.2, 0.25) is 11.8 Å². The molecular formula is C19H21N3O4. The Hall–Kier alpha value is -3.35. The Labute approximate surface area is 151 Å². The Morgan fingerprint density at radius 2 is 1.62 bits per heavy atom. The van der Waals surface area contributed by atoms with E-state index in [9.17, 15) is 14.4 Å². The van der Waals surface area contributed by atoms with E-state index in [4.69, 9.17) is 4.74 Å². The van der Waals surface area contributed by atoms with Crippen LogP contribution in [-0.4, -0.2) is 30.9 Å². The molecule has 0 atom stereocenters. The molecule has 0 saturated carbocycles. The Balaban J connectivity index is 1.87. The number of benzene rings is 2. The number of amides is 2. The number of anilines is 3. The van der Waals surface area contributed by atoms with Gasteiger partial charge in [0.25, 0.3) is 0 Å². The summed E-state index contributed by atoms with van der Waals surface area (Å²) < 4.78 is 4.91. The molecule has 0 spiro atoms. The summed E-state index contributed by atoms with van der Waals surface area (Å²) in [5.74, 6) is -0.795. The van der Waals surface area contributed by atoms with Gasteiger partial charge in [0.05, 0.1) is 18.7 Å². The average molecular weight is 355 g/mol. The molecule has 0 heterocycles. The monoisotopic (exact) mass is 355 g/mol. The van der Waals surface area contributed by atoms with Gasteiger partial charge in [-0.3, -0.25) is 9.59 Å². The van der Waals surface area contributed by atoms with Crippen molar-refractivity contribution in [1.82, 2.24) is 0 Å². The molecule has 0 bridgehead atoms. The standard InChI is InChI=1S/C19H21N3O4/c1-3-26-19(25)14-7-9-15(10-8-14)22-18(24)12-20-16-5-4-6-17(11-16)21-13(2)23/h4-11,20H,3,12H2,1-2H3,(H,21,23)(H,22,24). The first-order valence-electron chi connectivity index (χ1n) is 8.16. The van der Waals surface area contributed by atoms with Crippen LogP contribution in [0.2, 0.25) is 0 Å². The quantitative estimate of drug-likeness (QED) is 0.664. The summed E-state index contributed by atoms with van der Waals surface area (Å²) in [6, 6.07) is 13.5. The average Bonchev–Trinajstić information content (AvgIpc) is 2.60. The molecule has 0 aliphatic heterocycles. The molecular weight excluding hydrogens is 334 g/mol. The molecule has 0 unspecified atom stereocenters. The highest BCUT2D eigenvalue weighted by Gasteiger charge is 2.07. The Kier molecular flexibility index (Phi) is 6.73. The fourth-order valence-electron chi connectivity index (χ4n) is 2.20. The number of carbonyl (C=O) groups excluding carboxylic acids is 3. The normalized spacial score (nSPS) is 9.92. The van der Waals surface area contributed by atoms with E-state index in [-0.39, 0.29) is 18.4 Å². The van der Waals surface area contributed by atoms with Crippen molar-refractivity contribution in [2.45, 2.75) is 13.8 Å². The molecule has 0 saturated heterocycles. The lowest BCUT2D eigenvalue weighted by atomic mass is 10.2. The Morgan fingerprint density at radius 1 is 0.923 bits per heavy atom. The van der Waals surface area contributed by atoms with Crippen molar-refractivity contribution in [3.8, 4) is 0 Å². The summed E-state index contributed by atoms with van der Waals surface area (Å²) >= 11 is 0. The summed E-state index contributed by atoms with van der Waals surface area (Å²) in [6.45, 7) is 3.54. The number of nitrogens with one attached hydrogen (secondary N) is 3. The SMILES string of the molecule is CCOC(=O)c1ccc(NC(=O)CNc2cccc(NC(C)=O)c2)cc1. The summed E-state index contributed by atoms with van der Waals surface area (Å²) in [5, 5.41) is 8.40. The minimum atomic E-state index is -0.397. The van der Waals surface area contributed by atoms with Gasteiger partial charge in [-0.15, -0.1) is 0 Å². The highest BCUT2D eigenvalue weighted by molar-refractivity contribution is 5.95. The van der Waals surface area contributed by atoms with Gasteiger partial charge in [-0.25, -0.2) is 4.79 Å². The van der Waals surface area contributed by atoms with Crippen LogP contribution in [0.1, 0.15) is 24.2 Å². The molecule has 2 rings (SSSR count). The molecule has 7 heteroatoms. The van der Waals surface area contributed by atoms with Crippen molar-refractivity contribution >= 4 is 34.8 Å². The zero-order valence-corrected chi connectivity index (χ0v) is 14.7. The van der Waals surface area contributed by atoms with Crippen LogP contribution in [-0.2, 0) is 14.3 Å². The first-order chi connectivity index (χ1) is 12.5. The molecule has 0 aliphatic rings. The predicted molar refractivity (Wildman–Crippen MR) is 100 cm³/mol. The summed E-state index contributed by atoms with van der Waals surface area (Å²) in [7, 11) is 0. The van der Waals surface area contributed by atoms with Crippen LogP contribution in [0.4, 0.5) is 17.1 Å². The minimum absolute atomic E-state index is 0.0587. The second-order valence-corrected chi connectivity index (χ2v) is 5.46. The fourth-order valence-corrected chi connectivity index (χ4v) is 2.20. The second kappa shape index (κ2) is 9.22. The second-order valence-electron chi connectivity index (χ2n) is 5.46. The number of ether oxygens (including phenoxy) is 1. The lowest BCUT2D eigenvalue weighted by molar-refractivity contribution is -0.115. The molecule has 2 amide bonds. The maximum absolute atomic E-state index is 12.0. The smallest absolute Gasteiger partial charge is 0.338 e. The molecule has 7 nitrogen and oxygen atoms in total. The number of hydrogen-bond donors (Lipinski definition) is 3. The van der Waals surface area contributed by atoms with Crippen molar-refractivity contribution in [1.29, 1.82) is 0 Å². The van der Waals surface area contributed by atoms with Gasteiger partial charge in [-0.2, -0.15) is 0 Å². The molecule has 136 valence electrons. The first kappa shape index (κ1) is 19.0. The van der Waals surface area contributed by atoms with E-state index in [1.165, 1.54) is 6.92 Å². The zero-order valence-electron chi connectivity index (χ0n) is 14.7. The van der Waals surface area contributed by atoms with Gasteiger partial charge >= 0.3 is 5.97 Å². The van der Waals surface area contributed by atoms with Crippen LogP contribution in [0.3, 0.4) is 0 Å². The Bertz CT molecular complexity index is 788. The van der Waals surface area contributed by atoms with E-state index in [2.05, 4.69) is 16.0 Å².